The number of hydrogen-bond acceptors (Lipinski definition) is 6. The van der Waals surface area contributed by atoms with Gasteiger partial charge in [-0.15, -0.1) is 0 Å². The Morgan fingerprint density at radius 2 is 1.80 bits per heavy atom. The molecule has 0 bridgehead atoms. The van der Waals surface area contributed by atoms with Crippen molar-refractivity contribution < 1.29 is 22.0 Å². The van der Waals surface area contributed by atoms with E-state index in [-0.39, 0.29) is 31.7 Å². The third-order valence-electron chi connectivity index (χ3n) is 9.62. The summed E-state index contributed by atoms with van der Waals surface area (Å²) in [5.74, 6) is -1.65. The molecule has 2 unspecified atom stereocenters. The van der Waals surface area contributed by atoms with E-state index in [1.54, 1.807) is 10.7 Å². The summed E-state index contributed by atoms with van der Waals surface area (Å²) in [6.07, 6.45) is 8.73. The number of rotatable bonds is 7. The average Bonchev–Trinajstić information content (AvgIpc) is 3.66. The van der Waals surface area contributed by atoms with E-state index in [1.165, 1.54) is 37.8 Å². The molecule has 2 atom stereocenters. The standard InChI is InChI=1S/C28H39F2N7.C6H11N.C2H3F3/c1-6-36-23(11-15-31-36)18(2)32-25(20-9-13-28(29,30)14-10-20)22-17-37-26(33-22)34-24(19(3)35-37)21-8-7-12-27(4,5)16-21;1-6-4-2-3-5-7-6;1-2(3,4)5/h11,15,17,20-21,25,32H,2,6-10,12-14,16H2,1,3-5H3;7H,1-5H2;1H3. The van der Waals surface area contributed by atoms with Crippen molar-refractivity contribution in [2.24, 2.45) is 11.3 Å². The first kappa shape index (κ1) is 38.3. The summed E-state index contributed by atoms with van der Waals surface area (Å²) in [4.78, 5) is 9.91. The summed E-state index contributed by atoms with van der Waals surface area (Å²) in [5.41, 5.74) is 5.83. The third-order valence-corrected chi connectivity index (χ3v) is 9.62. The van der Waals surface area contributed by atoms with Crippen molar-refractivity contribution in [1.29, 1.82) is 0 Å². The van der Waals surface area contributed by atoms with Gasteiger partial charge in [-0.3, -0.25) is 4.68 Å². The lowest BCUT2D eigenvalue weighted by Crippen LogP contribution is -2.34. The first-order valence-electron chi connectivity index (χ1n) is 17.5. The van der Waals surface area contributed by atoms with Crippen LogP contribution >= 0.6 is 0 Å². The Hall–Kier alpha value is -3.51. The van der Waals surface area contributed by atoms with Crippen LogP contribution in [-0.4, -0.2) is 48.0 Å². The number of nitrogens with one attached hydrogen (secondary N) is 2. The van der Waals surface area contributed by atoms with Gasteiger partial charge in [0, 0.05) is 50.7 Å². The maximum Gasteiger partial charge on any atom is 0.386 e. The number of aromatic nitrogens is 6. The molecule has 3 fully saturated rings. The van der Waals surface area contributed by atoms with Gasteiger partial charge in [-0.2, -0.15) is 23.4 Å². The van der Waals surface area contributed by atoms with Crippen LogP contribution in [0, 0.1) is 18.3 Å². The van der Waals surface area contributed by atoms with Gasteiger partial charge in [0.2, 0.25) is 5.92 Å². The molecule has 1 aliphatic heterocycles. The number of aryl methyl sites for hydroxylation is 2. The van der Waals surface area contributed by atoms with Gasteiger partial charge in [-0.1, -0.05) is 33.4 Å². The summed E-state index contributed by atoms with van der Waals surface area (Å²) in [5, 5.41) is 15.9. The summed E-state index contributed by atoms with van der Waals surface area (Å²) in [7, 11) is 0. The van der Waals surface area contributed by atoms with Crippen LogP contribution in [0.25, 0.3) is 11.5 Å². The zero-order valence-electron chi connectivity index (χ0n) is 29.6. The SMILES string of the molecule is C=C(NC(c1cn2nc(C)c(C3CCCC(C)(C)C3)nc2n1)C1CCC(F)(F)CC1)c1ccnn1CC.C=C1CCCCN1.CC(F)(F)F. The molecule has 3 aromatic rings. The topological polar surface area (TPSA) is 85.0 Å². The van der Waals surface area contributed by atoms with E-state index in [4.69, 9.17) is 15.1 Å². The Labute approximate surface area is 287 Å². The van der Waals surface area contributed by atoms with Gasteiger partial charge in [0.1, 0.15) is 0 Å². The molecule has 272 valence electrons. The quantitative estimate of drug-likeness (QED) is 0.240. The smallest absolute Gasteiger partial charge is 0.386 e. The number of nitrogens with zero attached hydrogens (tertiary/aromatic N) is 6. The van der Waals surface area contributed by atoms with Crippen LogP contribution < -0.4 is 10.6 Å². The van der Waals surface area contributed by atoms with E-state index >= 15 is 0 Å². The van der Waals surface area contributed by atoms with Gasteiger partial charge in [-0.05, 0) is 82.6 Å². The van der Waals surface area contributed by atoms with Crippen LogP contribution in [0.2, 0.25) is 0 Å². The van der Waals surface area contributed by atoms with Crippen molar-refractivity contribution in [3.8, 4) is 0 Å². The van der Waals surface area contributed by atoms with Crippen molar-refractivity contribution in [3.63, 3.8) is 0 Å². The second-order valence-electron chi connectivity index (χ2n) is 14.5. The van der Waals surface area contributed by atoms with E-state index in [1.807, 2.05) is 30.8 Å². The highest BCUT2D eigenvalue weighted by Crippen LogP contribution is 2.44. The van der Waals surface area contributed by atoms with E-state index in [9.17, 15) is 22.0 Å². The van der Waals surface area contributed by atoms with Gasteiger partial charge in [0.25, 0.3) is 5.78 Å². The second kappa shape index (κ2) is 16.0. The highest BCUT2D eigenvalue weighted by molar-refractivity contribution is 5.59. The van der Waals surface area contributed by atoms with E-state index in [0.717, 1.165) is 42.2 Å². The van der Waals surface area contributed by atoms with E-state index in [0.29, 0.717) is 42.2 Å². The molecule has 4 heterocycles. The minimum atomic E-state index is -4.00. The summed E-state index contributed by atoms with van der Waals surface area (Å²) < 4.78 is 62.7. The molecule has 6 rings (SSSR count). The lowest BCUT2D eigenvalue weighted by atomic mass is 9.71. The van der Waals surface area contributed by atoms with Gasteiger partial charge in [0.05, 0.1) is 40.7 Å². The second-order valence-corrected chi connectivity index (χ2v) is 14.5. The fourth-order valence-corrected chi connectivity index (χ4v) is 7.15. The van der Waals surface area contributed by atoms with Gasteiger partial charge in [0.15, 0.2) is 0 Å². The van der Waals surface area contributed by atoms with Gasteiger partial charge < -0.3 is 10.6 Å². The summed E-state index contributed by atoms with van der Waals surface area (Å²) >= 11 is 0. The highest BCUT2D eigenvalue weighted by Gasteiger charge is 2.39. The zero-order chi connectivity index (χ0) is 36.0. The van der Waals surface area contributed by atoms with Crippen LogP contribution in [0.4, 0.5) is 22.0 Å². The first-order chi connectivity index (χ1) is 22.9. The molecule has 1 saturated heterocycles. The van der Waals surface area contributed by atoms with Crippen molar-refractivity contribution >= 4 is 11.5 Å². The Kier molecular flexibility index (Phi) is 12.5. The summed E-state index contributed by atoms with van der Waals surface area (Å²) in [6.45, 7) is 18.8. The van der Waals surface area contributed by atoms with Crippen LogP contribution in [0.1, 0.15) is 133 Å². The fourth-order valence-electron chi connectivity index (χ4n) is 7.15. The van der Waals surface area contributed by atoms with Gasteiger partial charge >= 0.3 is 6.18 Å². The molecule has 2 N–H and O–H groups in total. The van der Waals surface area contributed by atoms with Crippen LogP contribution in [0.15, 0.2) is 37.3 Å². The Morgan fingerprint density at radius 3 is 2.37 bits per heavy atom. The molecule has 0 amide bonds. The fraction of sp³-hybridized carbons (Fsp3) is 0.667. The number of piperidine rings is 1. The normalized spacial score (nSPS) is 21.4. The van der Waals surface area contributed by atoms with Crippen LogP contribution in [-0.2, 0) is 6.54 Å². The van der Waals surface area contributed by atoms with Crippen molar-refractivity contribution in [1.82, 2.24) is 40.0 Å². The minimum Gasteiger partial charge on any atom is -0.389 e. The molecule has 2 saturated carbocycles. The molecule has 0 spiro atoms. The van der Waals surface area contributed by atoms with E-state index < -0.39 is 12.1 Å². The Bertz CT molecular complexity index is 1530. The highest BCUT2D eigenvalue weighted by atomic mass is 19.4. The van der Waals surface area contributed by atoms with Crippen LogP contribution in [0.3, 0.4) is 0 Å². The molecular formula is C36H53F5N8. The number of halogens is 5. The molecule has 8 nitrogen and oxygen atoms in total. The minimum absolute atomic E-state index is 0.000929. The van der Waals surface area contributed by atoms with Gasteiger partial charge in [-0.25, -0.2) is 23.3 Å². The average molecular weight is 693 g/mol. The molecular weight excluding hydrogens is 639 g/mol. The van der Waals surface area contributed by atoms with Crippen molar-refractivity contribution in [3.05, 3.63) is 60.1 Å². The van der Waals surface area contributed by atoms with Crippen molar-refractivity contribution in [2.45, 2.75) is 136 Å². The number of imidazole rings is 1. The molecule has 3 aromatic heterocycles. The predicted molar refractivity (Wildman–Crippen MR) is 183 cm³/mol. The first-order valence-corrected chi connectivity index (χ1v) is 17.5. The van der Waals surface area contributed by atoms with E-state index in [2.05, 4.69) is 42.7 Å². The molecule has 3 aliphatic rings. The molecule has 0 aromatic carbocycles. The maximum atomic E-state index is 14.0. The molecule has 0 radical (unpaired) electrons. The largest absolute Gasteiger partial charge is 0.389 e. The number of alkyl halides is 5. The molecule has 2 aliphatic carbocycles. The maximum absolute atomic E-state index is 14.0. The number of fused-ring (bicyclic) bond motifs is 1. The zero-order valence-corrected chi connectivity index (χ0v) is 29.6. The summed E-state index contributed by atoms with van der Waals surface area (Å²) in [6, 6.07) is 1.64. The third kappa shape index (κ3) is 11.3. The lowest BCUT2D eigenvalue weighted by Gasteiger charge is -2.35. The predicted octanol–water partition coefficient (Wildman–Crippen LogP) is 9.30. The Balaban J connectivity index is 0.000000382. The number of allylic oxidation sites excluding steroid dienone is 1. The monoisotopic (exact) mass is 692 g/mol. The number of hydrogen-bond donors (Lipinski definition) is 2. The lowest BCUT2D eigenvalue weighted by molar-refractivity contribution is -0.110. The molecule has 13 heteroatoms. The molecule has 49 heavy (non-hydrogen) atoms. The van der Waals surface area contributed by atoms with Crippen molar-refractivity contribution in [2.75, 3.05) is 6.54 Å². The Morgan fingerprint density at radius 1 is 1.10 bits per heavy atom. The van der Waals surface area contributed by atoms with Crippen LogP contribution in [0.5, 0.6) is 0 Å².